The van der Waals surface area contributed by atoms with E-state index in [4.69, 9.17) is 10.3 Å². The van der Waals surface area contributed by atoms with Gasteiger partial charge in [-0.3, -0.25) is 4.79 Å². The number of carbonyl (C=O) groups is 1. The summed E-state index contributed by atoms with van der Waals surface area (Å²) in [4.78, 5) is 14.0. The van der Waals surface area contributed by atoms with E-state index in [9.17, 15) is 9.18 Å². The van der Waals surface area contributed by atoms with E-state index >= 15 is 0 Å². The summed E-state index contributed by atoms with van der Waals surface area (Å²) < 4.78 is 18.3. The monoisotopic (exact) mass is 220 g/mol. The first-order chi connectivity index (χ1) is 7.70. The second-order valence-corrected chi connectivity index (χ2v) is 3.54. The molecule has 0 radical (unpaired) electrons. The molecule has 1 unspecified atom stereocenters. The van der Waals surface area contributed by atoms with Crippen LogP contribution in [0.4, 0.5) is 4.39 Å². The summed E-state index contributed by atoms with van der Waals surface area (Å²) in [6.45, 7) is 0. The van der Waals surface area contributed by atoms with Gasteiger partial charge in [-0.25, -0.2) is 4.39 Å². The van der Waals surface area contributed by atoms with Gasteiger partial charge in [0.15, 0.2) is 6.10 Å². The van der Waals surface area contributed by atoms with Crippen LogP contribution < -0.4 is 4.74 Å². The average Bonchev–Trinajstić information content (AvgIpc) is 2.28. The van der Waals surface area contributed by atoms with Crippen LogP contribution in [0.15, 0.2) is 18.2 Å². The number of rotatable bonds is 2. The van der Waals surface area contributed by atoms with E-state index in [1.165, 1.54) is 18.2 Å². The number of Topliss-reactive ketones (excluding diaryl/α,β-unsaturated/α-hetero) is 1. The van der Waals surface area contributed by atoms with Crippen molar-refractivity contribution in [1.29, 1.82) is 0 Å². The Balaban J connectivity index is 2.21. The fourth-order valence-electron chi connectivity index (χ4n) is 1.70. The Morgan fingerprint density at radius 2 is 2.44 bits per heavy atom. The third kappa shape index (κ3) is 1.99. The minimum absolute atomic E-state index is 0.316. The van der Waals surface area contributed by atoms with Crippen LogP contribution in [-0.2, 0) is 11.2 Å². The smallest absolute Gasteiger partial charge is 0.327 e. The number of benzene rings is 1. The average molecular weight is 220 g/mol. The molecule has 1 aliphatic rings. The van der Waals surface area contributed by atoms with Crippen LogP contribution in [0.3, 0.4) is 0 Å². The lowest BCUT2D eigenvalue weighted by molar-refractivity contribution is -0.123. The Hall–Kier alpha value is -2.00. The van der Waals surface area contributed by atoms with Crippen molar-refractivity contribution in [1.82, 2.24) is 0 Å². The molecule has 0 N–H and O–H groups in total. The van der Waals surface area contributed by atoms with Crippen molar-refractivity contribution in [3.63, 3.8) is 0 Å². The molecular weight excluding hydrogens is 211 g/mol. The van der Waals surface area contributed by atoms with E-state index in [1.807, 2.05) is 0 Å². The van der Waals surface area contributed by atoms with Crippen LogP contribution in [0.25, 0.3) is 5.53 Å². The zero-order valence-corrected chi connectivity index (χ0v) is 8.39. The summed E-state index contributed by atoms with van der Waals surface area (Å²) in [5, 5.41) is 0. The van der Waals surface area contributed by atoms with Crippen molar-refractivity contribution < 1.29 is 18.7 Å². The van der Waals surface area contributed by atoms with Gasteiger partial charge in [0, 0.05) is 0 Å². The van der Waals surface area contributed by atoms with E-state index in [0.717, 1.165) is 11.8 Å². The highest BCUT2D eigenvalue weighted by molar-refractivity contribution is 6.27. The molecule has 1 aromatic carbocycles. The molecule has 1 aliphatic heterocycles. The summed E-state index contributed by atoms with van der Waals surface area (Å²) in [6, 6.07) is 4.18. The van der Waals surface area contributed by atoms with Crippen molar-refractivity contribution in [3.05, 3.63) is 35.1 Å². The van der Waals surface area contributed by atoms with Gasteiger partial charge < -0.3 is 10.3 Å². The third-order valence-corrected chi connectivity index (χ3v) is 2.47. The fourth-order valence-corrected chi connectivity index (χ4v) is 1.70. The number of aryl methyl sites for hydroxylation is 1. The standard InChI is InChI=1S/C11H9FN2O2/c12-8-2-4-10-7(5-8)1-3-11(16-10)9(15)6-14-13/h2,4-6,11H,1,3H2. The molecule has 0 aliphatic carbocycles. The first-order valence-corrected chi connectivity index (χ1v) is 4.87. The van der Waals surface area contributed by atoms with Gasteiger partial charge in [-0.2, -0.15) is 4.79 Å². The topological polar surface area (TPSA) is 62.7 Å². The quantitative estimate of drug-likeness (QED) is 0.429. The van der Waals surface area contributed by atoms with Crippen molar-refractivity contribution >= 4 is 12.0 Å². The number of hydrogen-bond acceptors (Lipinski definition) is 2. The van der Waals surface area contributed by atoms with Gasteiger partial charge in [-0.15, -0.1) is 0 Å². The Kier molecular flexibility index (Phi) is 2.79. The molecule has 82 valence electrons. The van der Waals surface area contributed by atoms with Gasteiger partial charge in [0.25, 0.3) is 5.78 Å². The number of nitrogens with zero attached hydrogens (tertiary/aromatic N) is 2. The lowest BCUT2D eigenvalue weighted by atomic mass is 10.00. The molecule has 0 saturated carbocycles. The summed E-state index contributed by atoms with van der Waals surface area (Å²) in [5.41, 5.74) is 9.00. The second kappa shape index (κ2) is 4.24. The summed E-state index contributed by atoms with van der Waals surface area (Å²) in [7, 11) is 0. The van der Waals surface area contributed by atoms with E-state index in [0.29, 0.717) is 18.6 Å². The van der Waals surface area contributed by atoms with Crippen LogP contribution in [0, 0.1) is 5.82 Å². The molecule has 0 aromatic heterocycles. The number of fused-ring (bicyclic) bond motifs is 1. The van der Waals surface area contributed by atoms with E-state index in [-0.39, 0.29) is 5.82 Å². The van der Waals surface area contributed by atoms with E-state index in [1.54, 1.807) is 0 Å². The van der Waals surface area contributed by atoms with Crippen LogP contribution >= 0.6 is 0 Å². The third-order valence-electron chi connectivity index (χ3n) is 2.47. The molecule has 2 rings (SSSR count). The highest BCUT2D eigenvalue weighted by Gasteiger charge is 2.27. The highest BCUT2D eigenvalue weighted by atomic mass is 19.1. The summed E-state index contributed by atoms with van der Waals surface area (Å²) in [6.07, 6.45) is 1.21. The molecule has 0 bridgehead atoms. The Bertz CT molecular complexity index is 481. The lowest BCUT2D eigenvalue weighted by Gasteiger charge is -2.23. The molecule has 5 heteroatoms. The molecular formula is C11H9FN2O2. The molecule has 16 heavy (non-hydrogen) atoms. The predicted molar refractivity (Wildman–Crippen MR) is 53.8 cm³/mol. The lowest BCUT2D eigenvalue weighted by Crippen LogP contribution is -2.32. The maximum Gasteiger partial charge on any atom is 0.327 e. The van der Waals surface area contributed by atoms with Crippen molar-refractivity contribution in [2.45, 2.75) is 18.9 Å². The van der Waals surface area contributed by atoms with Gasteiger partial charge in [-0.05, 0) is 36.6 Å². The van der Waals surface area contributed by atoms with E-state index < -0.39 is 11.9 Å². The molecule has 0 saturated heterocycles. The Morgan fingerprint density at radius 1 is 1.62 bits per heavy atom. The molecule has 1 aromatic rings. The molecule has 0 spiro atoms. The van der Waals surface area contributed by atoms with Crippen LogP contribution in [0.2, 0.25) is 0 Å². The Morgan fingerprint density at radius 3 is 3.19 bits per heavy atom. The number of ether oxygens (including phenoxy) is 1. The van der Waals surface area contributed by atoms with Crippen LogP contribution in [0.5, 0.6) is 5.75 Å². The minimum Gasteiger partial charge on any atom is -0.482 e. The van der Waals surface area contributed by atoms with Gasteiger partial charge in [0.2, 0.25) is 0 Å². The SMILES string of the molecule is [N-]=[N+]=CC(=O)C1CCc2cc(F)ccc2O1. The van der Waals surface area contributed by atoms with E-state index in [2.05, 4.69) is 4.79 Å². The predicted octanol–water partition coefficient (Wildman–Crippen LogP) is 1.39. The minimum atomic E-state index is -0.645. The largest absolute Gasteiger partial charge is 0.482 e. The van der Waals surface area contributed by atoms with Crippen LogP contribution in [0.1, 0.15) is 12.0 Å². The number of halogens is 1. The molecule has 4 nitrogen and oxygen atoms in total. The maximum absolute atomic E-state index is 12.9. The summed E-state index contributed by atoms with van der Waals surface area (Å²) >= 11 is 0. The Labute approximate surface area is 91.3 Å². The number of carbonyl (C=O) groups excluding carboxylic acids is 1. The van der Waals surface area contributed by atoms with Gasteiger partial charge in [0.05, 0.1) is 0 Å². The van der Waals surface area contributed by atoms with Gasteiger partial charge >= 0.3 is 6.21 Å². The van der Waals surface area contributed by atoms with Gasteiger partial charge in [0.1, 0.15) is 11.6 Å². The van der Waals surface area contributed by atoms with Crippen molar-refractivity contribution in [3.8, 4) is 5.75 Å². The van der Waals surface area contributed by atoms with Crippen molar-refractivity contribution in [2.24, 2.45) is 0 Å². The van der Waals surface area contributed by atoms with Crippen LogP contribution in [-0.4, -0.2) is 22.9 Å². The first kappa shape index (κ1) is 10.5. The fraction of sp³-hybridized carbons (Fsp3) is 0.273. The molecule has 0 amide bonds. The zero-order chi connectivity index (χ0) is 11.5. The number of hydrogen-bond donors (Lipinski definition) is 0. The molecule has 1 heterocycles. The van der Waals surface area contributed by atoms with Gasteiger partial charge in [-0.1, -0.05) is 0 Å². The molecule has 0 fully saturated rings. The number of ketones is 1. The zero-order valence-electron chi connectivity index (χ0n) is 8.39. The first-order valence-electron chi connectivity index (χ1n) is 4.87. The normalized spacial score (nSPS) is 17.9. The maximum atomic E-state index is 12.9. The molecule has 1 atom stereocenters. The highest BCUT2D eigenvalue weighted by Crippen LogP contribution is 2.28. The summed E-state index contributed by atoms with van der Waals surface area (Å²) in [5.74, 6) is -0.195. The van der Waals surface area contributed by atoms with Crippen molar-refractivity contribution in [2.75, 3.05) is 0 Å². The second-order valence-electron chi connectivity index (χ2n) is 3.54.